The Morgan fingerprint density at radius 2 is 2.20 bits per heavy atom. The topological polar surface area (TPSA) is 52.0 Å². The van der Waals surface area contributed by atoms with Gasteiger partial charge in [-0.25, -0.2) is 0 Å². The second kappa shape index (κ2) is 6.61. The van der Waals surface area contributed by atoms with E-state index in [4.69, 9.17) is 16.3 Å². The number of hydrogen-bond acceptors (Lipinski definition) is 4. The van der Waals surface area contributed by atoms with Crippen LogP contribution in [0.2, 0.25) is 5.02 Å². The highest BCUT2D eigenvalue weighted by atomic mass is 35.5. The van der Waals surface area contributed by atoms with Crippen molar-refractivity contribution in [2.75, 3.05) is 5.32 Å². The molecule has 0 saturated carbocycles. The molecule has 0 unspecified atom stereocenters. The number of hydrogen-bond donors (Lipinski definition) is 1. The van der Waals surface area contributed by atoms with Gasteiger partial charge in [-0.05, 0) is 38.5 Å². The molecule has 6 heteroatoms. The van der Waals surface area contributed by atoms with Gasteiger partial charge in [0, 0.05) is 18.1 Å². The highest BCUT2D eigenvalue weighted by Gasteiger charge is 2.05. The maximum atomic E-state index is 6.25. The molecule has 0 atom stereocenters. The fourth-order valence-electron chi connectivity index (χ4n) is 1.74. The van der Waals surface area contributed by atoms with Crippen LogP contribution in [-0.2, 0) is 13.1 Å². The third-order valence-corrected chi connectivity index (χ3v) is 3.07. The van der Waals surface area contributed by atoms with Crippen LogP contribution >= 0.6 is 11.6 Å². The summed E-state index contributed by atoms with van der Waals surface area (Å²) in [7, 11) is 0. The minimum absolute atomic E-state index is 0.138. The molecule has 0 saturated heterocycles. The van der Waals surface area contributed by atoms with E-state index in [1.54, 1.807) is 4.68 Å². The molecule has 1 aromatic carbocycles. The molecule has 5 nitrogen and oxygen atoms in total. The van der Waals surface area contributed by atoms with Crippen LogP contribution in [0.25, 0.3) is 0 Å². The number of aryl methyl sites for hydroxylation is 1. The van der Waals surface area contributed by atoms with Gasteiger partial charge in [0.05, 0.1) is 12.3 Å². The van der Waals surface area contributed by atoms with Gasteiger partial charge in [0.25, 0.3) is 0 Å². The number of ether oxygens (including phenoxy) is 1. The van der Waals surface area contributed by atoms with Crippen molar-refractivity contribution >= 4 is 17.4 Å². The lowest BCUT2D eigenvalue weighted by molar-refractivity contribution is 0.242. The van der Waals surface area contributed by atoms with E-state index in [0.717, 1.165) is 23.7 Å². The summed E-state index contributed by atoms with van der Waals surface area (Å²) in [6.45, 7) is 7.39. The predicted octanol–water partition coefficient (Wildman–Crippen LogP) is 3.35. The Balaban J connectivity index is 1.99. The van der Waals surface area contributed by atoms with Crippen LogP contribution in [0, 0.1) is 0 Å². The highest BCUT2D eigenvalue weighted by Crippen LogP contribution is 2.24. The highest BCUT2D eigenvalue weighted by molar-refractivity contribution is 6.31. The van der Waals surface area contributed by atoms with Crippen LogP contribution in [0.15, 0.2) is 24.4 Å². The molecule has 0 spiro atoms. The summed E-state index contributed by atoms with van der Waals surface area (Å²) < 4.78 is 7.37. The van der Waals surface area contributed by atoms with Gasteiger partial charge in [-0.1, -0.05) is 22.9 Å². The van der Waals surface area contributed by atoms with Crippen LogP contribution in [0.3, 0.4) is 0 Å². The summed E-state index contributed by atoms with van der Waals surface area (Å²) >= 11 is 6.25. The van der Waals surface area contributed by atoms with Crippen molar-refractivity contribution in [1.29, 1.82) is 0 Å². The van der Waals surface area contributed by atoms with E-state index in [2.05, 4.69) is 15.6 Å². The molecular formula is C14H19ClN4O. The summed E-state index contributed by atoms with van der Waals surface area (Å²) in [6, 6.07) is 5.71. The van der Waals surface area contributed by atoms with Crippen LogP contribution in [-0.4, -0.2) is 21.1 Å². The SMILES string of the molecule is CCn1cc(NCc2ccc(OC(C)C)cc2Cl)nn1. The molecule has 1 aromatic heterocycles. The van der Waals surface area contributed by atoms with E-state index in [-0.39, 0.29) is 6.10 Å². The average Bonchev–Trinajstić information content (AvgIpc) is 2.85. The number of benzene rings is 1. The van der Waals surface area contributed by atoms with Gasteiger partial charge in [-0.15, -0.1) is 5.10 Å². The molecule has 0 aliphatic heterocycles. The largest absolute Gasteiger partial charge is 0.491 e. The van der Waals surface area contributed by atoms with Gasteiger partial charge in [-0.2, -0.15) is 0 Å². The predicted molar refractivity (Wildman–Crippen MR) is 80.2 cm³/mol. The first-order valence-electron chi connectivity index (χ1n) is 6.67. The summed E-state index contributed by atoms with van der Waals surface area (Å²) in [5.41, 5.74) is 0.994. The van der Waals surface area contributed by atoms with Crippen LogP contribution in [0.5, 0.6) is 5.75 Å². The van der Waals surface area contributed by atoms with E-state index in [9.17, 15) is 0 Å². The van der Waals surface area contributed by atoms with Crippen LogP contribution < -0.4 is 10.1 Å². The number of rotatable bonds is 6. The molecule has 0 aliphatic rings. The second-order valence-electron chi connectivity index (χ2n) is 4.73. The minimum Gasteiger partial charge on any atom is -0.491 e. The summed E-state index contributed by atoms with van der Waals surface area (Å²) in [4.78, 5) is 0. The van der Waals surface area contributed by atoms with E-state index in [1.807, 2.05) is 45.2 Å². The Bertz CT molecular complexity index is 568. The summed E-state index contributed by atoms with van der Waals surface area (Å²) in [5.74, 6) is 1.52. The zero-order valence-electron chi connectivity index (χ0n) is 11.9. The molecule has 0 radical (unpaired) electrons. The Kier molecular flexibility index (Phi) is 4.84. The third kappa shape index (κ3) is 3.87. The third-order valence-electron chi connectivity index (χ3n) is 2.72. The minimum atomic E-state index is 0.138. The van der Waals surface area contributed by atoms with E-state index >= 15 is 0 Å². The van der Waals surface area contributed by atoms with Gasteiger partial charge < -0.3 is 10.1 Å². The normalized spacial score (nSPS) is 10.8. The fraction of sp³-hybridized carbons (Fsp3) is 0.429. The Labute approximate surface area is 123 Å². The Morgan fingerprint density at radius 3 is 2.80 bits per heavy atom. The Morgan fingerprint density at radius 1 is 1.40 bits per heavy atom. The number of halogens is 1. The number of nitrogens with one attached hydrogen (secondary N) is 1. The van der Waals surface area contributed by atoms with Crippen LogP contribution in [0.1, 0.15) is 26.3 Å². The molecule has 1 heterocycles. The maximum absolute atomic E-state index is 6.25. The average molecular weight is 295 g/mol. The zero-order valence-corrected chi connectivity index (χ0v) is 12.7. The molecule has 1 N–H and O–H groups in total. The molecule has 20 heavy (non-hydrogen) atoms. The van der Waals surface area contributed by atoms with Crippen LogP contribution in [0.4, 0.5) is 5.82 Å². The molecule has 108 valence electrons. The van der Waals surface area contributed by atoms with Crippen molar-refractivity contribution < 1.29 is 4.74 Å². The first-order valence-corrected chi connectivity index (χ1v) is 7.05. The molecule has 0 amide bonds. The van der Waals surface area contributed by atoms with E-state index in [0.29, 0.717) is 11.6 Å². The van der Waals surface area contributed by atoms with Gasteiger partial charge >= 0.3 is 0 Å². The first-order chi connectivity index (χ1) is 9.58. The lowest BCUT2D eigenvalue weighted by Crippen LogP contribution is -2.06. The van der Waals surface area contributed by atoms with E-state index in [1.165, 1.54) is 0 Å². The van der Waals surface area contributed by atoms with Gasteiger partial charge in [0.1, 0.15) is 5.75 Å². The second-order valence-corrected chi connectivity index (χ2v) is 5.14. The quantitative estimate of drug-likeness (QED) is 0.887. The molecule has 0 aliphatic carbocycles. The summed E-state index contributed by atoms with van der Waals surface area (Å²) in [5, 5.41) is 11.9. The molecule has 0 bridgehead atoms. The molecule has 2 rings (SSSR count). The zero-order chi connectivity index (χ0) is 14.5. The van der Waals surface area contributed by atoms with Gasteiger partial charge in [0.2, 0.25) is 0 Å². The summed E-state index contributed by atoms with van der Waals surface area (Å²) in [6.07, 6.45) is 2.00. The first kappa shape index (κ1) is 14.7. The Hall–Kier alpha value is -1.75. The van der Waals surface area contributed by atoms with Crippen molar-refractivity contribution in [3.05, 3.63) is 35.0 Å². The van der Waals surface area contributed by atoms with E-state index < -0.39 is 0 Å². The molecule has 0 fully saturated rings. The van der Waals surface area contributed by atoms with Crippen molar-refractivity contribution in [3.63, 3.8) is 0 Å². The number of anilines is 1. The maximum Gasteiger partial charge on any atom is 0.168 e. The fourth-order valence-corrected chi connectivity index (χ4v) is 1.97. The smallest absolute Gasteiger partial charge is 0.168 e. The monoisotopic (exact) mass is 294 g/mol. The van der Waals surface area contributed by atoms with Gasteiger partial charge in [-0.3, -0.25) is 4.68 Å². The lowest BCUT2D eigenvalue weighted by atomic mass is 10.2. The van der Waals surface area contributed by atoms with Gasteiger partial charge in [0.15, 0.2) is 5.82 Å². The number of aromatic nitrogens is 3. The molecule has 2 aromatic rings. The van der Waals surface area contributed by atoms with Crippen molar-refractivity contribution in [3.8, 4) is 5.75 Å². The molecular weight excluding hydrogens is 276 g/mol. The lowest BCUT2D eigenvalue weighted by Gasteiger charge is -2.11. The van der Waals surface area contributed by atoms with Crippen molar-refractivity contribution in [2.24, 2.45) is 0 Å². The number of nitrogens with zero attached hydrogens (tertiary/aromatic N) is 3. The standard InChI is InChI=1S/C14H19ClN4O/c1-4-19-9-14(17-18-19)16-8-11-5-6-12(7-13(11)15)20-10(2)3/h5-7,9-10,16H,4,8H2,1-3H3. The van der Waals surface area contributed by atoms with Crippen molar-refractivity contribution in [1.82, 2.24) is 15.0 Å². The van der Waals surface area contributed by atoms with Crippen molar-refractivity contribution in [2.45, 2.75) is 40.0 Å².